The zero-order chi connectivity index (χ0) is 13.9. The summed E-state index contributed by atoms with van der Waals surface area (Å²) < 4.78 is 0. The molecule has 0 aliphatic heterocycles. The Morgan fingerprint density at radius 2 is 2.05 bits per heavy atom. The smallest absolute Gasteiger partial charge is 0.193 e. The van der Waals surface area contributed by atoms with Crippen molar-refractivity contribution in [2.45, 2.75) is 13.3 Å². The van der Waals surface area contributed by atoms with Crippen molar-refractivity contribution >= 4 is 16.7 Å². The fourth-order valence-corrected chi connectivity index (χ4v) is 2.30. The molecule has 98 valence electrons. The van der Waals surface area contributed by atoms with Gasteiger partial charge in [-0.3, -0.25) is 14.8 Å². The van der Waals surface area contributed by atoms with E-state index in [1.54, 1.807) is 24.7 Å². The minimum absolute atomic E-state index is 0.0370. The van der Waals surface area contributed by atoms with Gasteiger partial charge in [0.25, 0.3) is 0 Å². The first-order valence-corrected chi connectivity index (χ1v) is 6.62. The van der Waals surface area contributed by atoms with Crippen LogP contribution < -0.4 is 0 Å². The number of aromatic nitrogens is 2. The lowest BCUT2D eigenvalue weighted by Gasteiger charge is -2.07. The van der Waals surface area contributed by atoms with Crippen LogP contribution >= 0.6 is 0 Å². The molecular weight excluding hydrogens is 248 g/mol. The molecule has 0 spiro atoms. The normalized spacial score (nSPS) is 10.7. The minimum Gasteiger partial charge on any atom is -0.289 e. The first-order valence-electron chi connectivity index (χ1n) is 6.62. The molecule has 3 heteroatoms. The van der Waals surface area contributed by atoms with E-state index in [1.165, 1.54) is 0 Å². The number of hydrogen-bond donors (Lipinski definition) is 0. The Kier molecular flexibility index (Phi) is 3.25. The van der Waals surface area contributed by atoms with Gasteiger partial charge in [0.05, 0.1) is 5.52 Å². The summed E-state index contributed by atoms with van der Waals surface area (Å²) in [5, 5.41) is 0.977. The van der Waals surface area contributed by atoms with Crippen molar-refractivity contribution in [1.82, 2.24) is 9.97 Å². The van der Waals surface area contributed by atoms with E-state index in [0.29, 0.717) is 5.56 Å². The van der Waals surface area contributed by atoms with Crippen molar-refractivity contribution in [1.29, 1.82) is 0 Å². The van der Waals surface area contributed by atoms with Gasteiger partial charge in [-0.15, -0.1) is 0 Å². The number of carbonyl (C=O) groups is 1. The molecule has 2 heterocycles. The average Bonchev–Trinajstić information content (AvgIpc) is 2.53. The molecule has 0 unspecified atom stereocenters. The Balaban J connectivity index is 2.08. The van der Waals surface area contributed by atoms with Gasteiger partial charge in [0.2, 0.25) is 0 Å². The second kappa shape index (κ2) is 5.21. The summed E-state index contributed by atoms with van der Waals surface area (Å²) in [7, 11) is 0. The minimum atomic E-state index is 0.0370. The van der Waals surface area contributed by atoms with Gasteiger partial charge in [-0.05, 0) is 42.3 Å². The monoisotopic (exact) mass is 262 g/mol. The maximum atomic E-state index is 12.6. The van der Waals surface area contributed by atoms with Gasteiger partial charge in [0.1, 0.15) is 0 Å². The predicted molar refractivity (Wildman–Crippen MR) is 78.8 cm³/mol. The van der Waals surface area contributed by atoms with Crippen LogP contribution in [0, 0.1) is 0 Å². The number of carbonyl (C=O) groups excluding carboxylic acids is 1. The molecule has 3 aromatic rings. The quantitative estimate of drug-likeness (QED) is 0.679. The second-order valence-corrected chi connectivity index (χ2v) is 4.63. The van der Waals surface area contributed by atoms with E-state index in [1.807, 2.05) is 37.3 Å². The summed E-state index contributed by atoms with van der Waals surface area (Å²) in [6.07, 6.45) is 5.97. The number of ketones is 1. The molecule has 0 saturated heterocycles. The zero-order valence-corrected chi connectivity index (χ0v) is 11.2. The van der Waals surface area contributed by atoms with E-state index >= 15 is 0 Å². The third kappa shape index (κ3) is 2.18. The second-order valence-electron chi connectivity index (χ2n) is 4.63. The van der Waals surface area contributed by atoms with Gasteiger partial charge in [0.15, 0.2) is 5.78 Å². The van der Waals surface area contributed by atoms with Crippen LogP contribution in [0.4, 0.5) is 0 Å². The highest BCUT2D eigenvalue weighted by molar-refractivity contribution is 6.11. The van der Waals surface area contributed by atoms with Gasteiger partial charge in [-0.1, -0.05) is 13.0 Å². The number of rotatable bonds is 3. The van der Waals surface area contributed by atoms with Crippen LogP contribution in [0.1, 0.15) is 28.4 Å². The first-order chi connectivity index (χ1) is 9.79. The molecule has 0 fully saturated rings. The lowest BCUT2D eigenvalue weighted by Crippen LogP contribution is -2.05. The van der Waals surface area contributed by atoms with Crippen LogP contribution in [0.2, 0.25) is 0 Å². The molecule has 20 heavy (non-hydrogen) atoms. The largest absolute Gasteiger partial charge is 0.289 e. The Hall–Kier alpha value is -2.55. The topological polar surface area (TPSA) is 42.9 Å². The van der Waals surface area contributed by atoms with Crippen molar-refractivity contribution in [3.8, 4) is 0 Å². The molecule has 3 rings (SSSR count). The molecule has 0 saturated carbocycles. The summed E-state index contributed by atoms with van der Waals surface area (Å²) in [5.41, 5.74) is 3.29. The molecule has 0 aliphatic rings. The van der Waals surface area contributed by atoms with Crippen molar-refractivity contribution in [3.63, 3.8) is 0 Å². The van der Waals surface area contributed by atoms with E-state index in [4.69, 9.17) is 0 Å². The van der Waals surface area contributed by atoms with Gasteiger partial charge in [0, 0.05) is 35.1 Å². The van der Waals surface area contributed by atoms with E-state index < -0.39 is 0 Å². The van der Waals surface area contributed by atoms with Crippen molar-refractivity contribution in [2.24, 2.45) is 0 Å². The van der Waals surface area contributed by atoms with Crippen molar-refractivity contribution in [3.05, 3.63) is 71.7 Å². The average molecular weight is 262 g/mol. The molecule has 2 aromatic heterocycles. The summed E-state index contributed by atoms with van der Waals surface area (Å²) in [4.78, 5) is 21.0. The lowest BCUT2D eigenvalue weighted by molar-refractivity contribution is 0.103. The lowest BCUT2D eigenvalue weighted by atomic mass is 9.98. The van der Waals surface area contributed by atoms with Crippen molar-refractivity contribution < 1.29 is 4.79 Å². The van der Waals surface area contributed by atoms with E-state index in [0.717, 1.165) is 28.5 Å². The number of benzene rings is 1. The SMILES string of the molecule is CCc1cnccc1C(=O)c1ccc2ncccc2c1. The molecule has 0 atom stereocenters. The Morgan fingerprint density at radius 1 is 1.15 bits per heavy atom. The highest BCUT2D eigenvalue weighted by Gasteiger charge is 2.13. The molecule has 0 bridgehead atoms. The highest BCUT2D eigenvalue weighted by Crippen LogP contribution is 2.18. The molecule has 3 nitrogen and oxygen atoms in total. The molecular formula is C17H14N2O. The number of fused-ring (bicyclic) bond motifs is 1. The van der Waals surface area contributed by atoms with Crippen molar-refractivity contribution in [2.75, 3.05) is 0 Å². The van der Waals surface area contributed by atoms with Crippen LogP contribution in [-0.2, 0) is 6.42 Å². The van der Waals surface area contributed by atoms with Gasteiger partial charge in [-0.25, -0.2) is 0 Å². The molecule has 0 radical (unpaired) electrons. The molecule has 0 N–H and O–H groups in total. The third-order valence-corrected chi connectivity index (χ3v) is 3.39. The fraction of sp³-hybridized carbons (Fsp3) is 0.118. The first kappa shape index (κ1) is 12.5. The fourth-order valence-electron chi connectivity index (χ4n) is 2.30. The Bertz CT molecular complexity index is 781. The summed E-state index contributed by atoms with van der Waals surface area (Å²) >= 11 is 0. The van der Waals surface area contributed by atoms with Crippen LogP contribution in [0.5, 0.6) is 0 Å². The number of aryl methyl sites for hydroxylation is 1. The summed E-state index contributed by atoms with van der Waals surface area (Å²) in [6.45, 7) is 2.03. The van der Waals surface area contributed by atoms with Gasteiger partial charge >= 0.3 is 0 Å². The number of pyridine rings is 2. The standard InChI is InChI=1S/C17H14N2O/c1-2-12-11-18-9-7-15(12)17(20)14-5-6-16-13(10-14)4-3-8-19-16/h3-11H,2H2,1H3. The Labute approximate surface area is 117 Å². The van der Waals surface area contributed by atoms with Crippen LogP contribution in [0.25, 0.3) is 10.9 Å². The summed E-state index contributed by atoms with van der Waals surface area (Å²) in [5.74, 6) is 0.0370. The van der Waals surface area contributed by atoms with E-state index in [9.17, 15) is 4.79 Å². The van der Waals surface area contributed by atoms with Gasteiger partial charge < -0.3 is 0 Å². The maximum absolute atomic E-state index is 12.6. The Morgan fingerprint density at radius 3 is 2.90 bits per heavy atom. The summed E-state index contributed by atoms with van der Waals surface area (Å²) in [6, 6.07) is 11.2. The van der Waals surface area contributed by atoms with Crippen LogP contribution in [-0.4, -0.2) is 15.8 Å². The van der Waals surface area contributed by atoms with E-state index in [2.05, 4.69) is 9.97 Å². The van der Waals surface area contributed by atoms with Crippen LogP contribution in [0.3, 0.4) is 0 Å². The molecule has 0 amide bonds. The van der Waals surface area contributed by atoms with E-state index in [-0.39, 0.29) is 5.78 Å². The predicted octanol–water partition coefficient (Wildman–Crippen LogP) is 3.42. The van der Waals surface area contributed by atoms with Gasteiger partial charge in [-0.2, -0.15) is 0 Å². The number of hydrogen-bond acceptors (Lipinski definition) is 3. The zero-order valence-electron chi connectivity index (χ0n) is 11.2. The third-order valence-electron chi connectivity index (χ3n) is 3.39. The molecule has 0 aliphatic carbocycles. The maximum Gasteiger partial charge on any atom is 0.193 e. The highest BCUT2D eigenvalue weighted by atomic mass is 16.1. The number of nitrogens with zero attached hydrogens (tertiary/aromatic N) is 2. The molecule has 1 aromatic carbocycles. The van der Waals surface area contributed by atoms with Crippen LogP contribution in [0.15, 0.2) is 55.0 Å².